The minimum absolute atomic E-state index is 0.00798. The molecule has 2 aromatic rings. The zero-order chi connectivity index (χ0) is 19.2. The lowest BCUT2D eigenvalue weighted by Crippen LogP contribution is -2.39. The SMILES string of the molecule is O=C(c1cnccn1)N1CCC(Cc2ccc(CN3CCCCC3)cc2)CC1. The number of aromatic nitrogens is 2. The molecular weight excluding hydrogens is 348 g/mol. The van der Waals surface area contributed by atoms with Crippen molar-refractivity contribution >= 4 is 5.91 Å². The van der Waals surface area contributed by atoms with Gasteiger partial charge in [-0.2, -0.15) is 0 Å². The maximum atomic E-state index is 12.5. The summed E-state index contributed by atoms with van der Waals surface area (Å²) >= 11 is 0. The van der Waals surface area contributed by atoms with Crippen molar-refractivity contribution in [2.75, 3.05) is 26.2 Å². The van der Waals surface area contributed by atoms with Crippen LogP contribution in [0.4, 0.5) is 0 Å². The van der Waals surface area contributed by atoms with Gasteiger partial charge in [0.2, 0.25) is 0 Å². The summed E-state index contributed by atoms with van der Waals surface area (Å²) in [5.74, 6) is 0.660. The molecule has 1 aromatic heterocycles. The molecule has 5 heteroatoms. The van der Waals surface area contributed by atoms with Gasteiger partial charge in [0.1, 0.15) is 5.69 Å². The van der Waals surface area contributed by atoms with Gasteiger partial charge in [0.25, 0.3) is 5.91 Å². The number of piperidine rings is 2. The lowest BCUT2D eigenvalue weighted by molar-refractivity contribution is 0.0684. The number of carbonyl (C=O) groups excluding carboxylic acids is 1. The zero-order valence-corrected chi connectivity index (χ0v) is 16.6. The van der Waals surface area contributed by atoms with Gasteiger partial charge in [0, 0.05) is 32.0 Å². The Morgan fingerprint density at radius 3 is 2.32 bits per heavy atom. The third-order valence-corrected chi connectivity index (χ3v) is 6.09. The lowest BCUT2D eigenvalue weighted by Gasteiger charge is -2.32. The zero-order valence-electron chi connectivity index (χ0n) is 16.6. The van der Waals surface area contributed by atoms with Crippen LogP contribution in [0.3, 0.4) is 0 Å². The Balaban J connectivity index is 1.25. The van der Waals surface area contributed by atoms with Crippen LogP contribution in [0.2, 0.25) is 0 Å². The van der Waals surface area contributed by atoms with Gasteiger partial charge in [0.05, 0.1) is 6.20 Å². The quantitative estimate of drug-likeness (QED) is 0.798. The number of rotatable bonds is 5. The van der Waals surface area contributed by atoms with E-state index >= 15 is 0 Å². The van der Waals surface area contributed by atoms with Crippen LogP contribution in [-0.4, -0.2) is 51.9 Å². The molecule has 2 saturated heterocycles. The summed E-state index contributed by atoms with van der Waals surface area (Å²) in [4.78, 5) is 25.1. The summed E-state index contributed by atoms with van der Waals surface area (Å²) in [5.41, 5.74) is 3.29. The predicted octanol–water partition coefficient (Wildman–Crippen LogP) is 3.56. The highest BCUT2D eigenvalue weighted by molar-refractivity contribution is 5.92. The normalized spacial score (nSPS) is 18.9. The first-order chi connectivity index (χ1) is 13.8. The van der Waals surface area contributed by atoms with Crippen molar-refractivity contribution in [2.45, 2.75) is 45.1 Å². The van der Waals surface area contributed by atoms with E-state index in [1.807, 2.05) is 4.90 Å². The first-order valence-corrected chi connectivity index (χ1v) is 10.6. The van der Waals surface area contributed by atoms with E-state index in [4.69, 9.17) is 0 Å². The highest BCUT2D eigenvalue weighted by Crippen LogP contribution is 2.23. The molecule has 2 aliphatic heterocycles. The molecular formula is C23H30N4O. The molecule has 0 saturated carbocycles. The third-order valence-electron chi connectivity index (χ3n) is 6.09. The van der Waals surface area contributed by atoms with E-state index in [9.17, 15) is 4.79 Å². The third kappa shape index (κ3) is 4.96. The van der Waals surface area contributed by atoms with Crippen molar-refractivity contribution in [3.63, 3.8) is 0 Å². The average Bonchev–Trinajstić information content (AvgIpc) is 2.76. The van der Waals surface area contributed by atoms with Crippen molar-refractivity contribution in [2.24, 2.45) is 5.92 Å². The van der Waals surface area contributed by atoms with Gasteiger partial charge in [-0.3, -0.25) is 14.7 Å². The Hall–Kier alpha value is -2.27. The number of nitrogens with zero attached hydrogens (tertiary/aromatic N) is 4. The van der Waals surface area contributed by atoms with Crippen LogP contribution in [0.1, 0.15) is 53.7 Å². The first kappa shape index (κ1) is 19.1. The molecule has 148 valence electrons. The van der Waals surface area contributed by atoms with Crippen molar-refractivity contribution in [1.29, 1.82) is 0 Å². The molecule has 0 aliphatic carbocycles. The molecule has 0 N–H and O–H groups in total. The molecule has 2 fully saturated rings. The van der Waals surface area contributed by atoms with Crippen LogP contribution in [0.25, 0.3) is 0 Å². The standard InChI is InChI=1S/C23H30N4O/c28-23(22-17-24-10-11-25-22)27-14-8-20(9-15-27)16-19-4-6-21(7-5-19)18-26-12-2-1-3-13-26/h4-7,10-11,17,20H,1-3,8-9,12-16,18H2. The fraction of sp³-hybridized carbons (Fsp3) is 0.522. The van der Waals surface area contributed by atoms with Crippen molar-refractivity contribution in [1.82, 2.24) is 19.8 Å². The van der Waals surface area contributed by atoms with Gasteiger partial charge in [-0.15, -0.1) is 0 Å². The Morgan fingerprint density at radius 1 is 0.929 bits per heavy atom. The summed E-state index contributed by atoms with van der Waals surface area (Å²) in [7, 11) is 0. The number of carbonyl (C=O) groups is 1. The van der Waals surface area contributed by atoms with E-state index in [2.05, 4.69) is 39.1 Å². The molecule has 0 radical (unpaired) electrons. The monoisotopic (exact) mass is 378 g/mol. The van der Waals surface area contributed by atoms with Gasteiger partial charge in [-0.1, -0.05) is 30.7 Å². The van der Waals surface area contributed by atoms with E-state index in [0.29, 0.717) is 11.6 Å². The van der Waals surface area contributed by atoms with E-state index in [1.165, 1.54) is 43.5 Å². The van der Waals surface area contributed by atoms with E-state index < -0.39 is 0 Å². The summed E-state index contributed by atoms with van der Waals surface area (Å²) < 4.78 is 0. The van der Waals surface area contributed by atoms with E-state index in [0.717, 1.165) is 38.9 Å². The van der Waals surface area contributed by atoms with Crippen molar-refractivity contribution in [3.05, 3.63) is 59.7 Å². The summed E-state index contributed by atoms with van der Waals surface area (Å²) in [6, 6.07) is 9.21. The van der Waals surface area contributed by atoms with E-state index in [-0.39, 0.29) is 5.91 Å². The minimum atomic E-state index is 0.00798. The fourth-order valence-corrected chi connectivity index (χ4v) is 4.40. The average molecular weight is 379 g/mol. The van der Waals surface area contributed by atoms with Crippen LogP contribution in [-0.2, 0) is 13.0 Å². The highest BCUT2D eigenvalue weighted by atomic mass is 16.2. The second kappa shape index (κ2) is 9.28. The molecule has 0 unspecified atom stereocenters. The molecule has 1 aromatic carbocycles. The van der Waals surface area contributed by atoms with E-state index in [1.54, 1.807) is 18.6 Å². The number of benzene rings is 1. The Bertz CT molecular complexity index is 748. The Labute approximate surface area is 167 Å². The van der Waals surface area contributed by atoms with Crippen LogP contribution >= 0.6 is 0 Å². The molecule has 1 amide bonds. The second-order valence-corrected chi connectivity index (χ2v) is 8.18. The van der Waals surface area contributed by atoms with Gasteiger partial charge in [-0.25, -0.2) is 4.98 Å². The molecule has 3 heterocycles. The molecule has 5 nitrogen and oxygen atoms in total. The smallest absolute Gasteiger partial charge is 0.274 e. The van der Waals surface area contributed by atoms with Crippen LogP contribution in [0.15, 0.2) is 42.9 Å². The molecule has 0 bridgehead atoms. The molecule has 0 spiro atoms. The Kier molecular flexibility index (Phi) is 6.32. The minimum Gasteiger partial charge on any atom is -0.337 e. The number of hydrogen-bond acceptors (Lipinski definition) is 4. The molecule has 4 rings (SSSR count). The van der Waals surface area contributed by atoms with Crippen molar-refractivity contribution < 1.29 is 4.79 Å². The summed E-state index contributed by atoms with van der Waals surface area (Å²) in [5, 5.41) is 0. The molecule has 2 aliphatic rings. The number of likely N-dealkylation sites (tertiary alicyclic amines) is 2. The second-order valence-electron chi connectivity index (χ2n) is 8.18. The lowest BCUT2D eigenvalue weighted by atomic mass is 9.90. The largest absolute Gasteiger partial charge is 0.337 e. The summed E-state index contributed by atoms with van der Waals surface area (Å²) in [6.07, 6.45) is 12.0. The number of hydrogen-bond donors (Lipinski definition) is 0. The molecule has 0 atom stereocenters. The van der Waals surface area contributed by atoms with Crippen molar-refractivity contribution in [3.8, 4) is 0 Å². The van der Waals surface area contributed by atoms with Crippen LogP contribution in [0, 0.1) is 5.92 Å². The highest BCUT2D eigenvalue weighted by Gasteiger charge is 2.24. The summed E-state index contributed by atoms with van der Waals surface area (Å²) in [6.45, 7) is 5.20. The maximum absolute atomic E-state index is 12.5. The Morgan fingerprint density at radius 2 is 1.64 bits per heavy atom. The predicted molar refractivity (Wildman–Crippen MR) is 110 cm³/mol. The fourth-order valence-electron chi connectivity index (χ4n) is 4.40. The topological polar surface area (TPSA) is 49.3 Å². The molecule has 28 heavy (non-hydrogen) atoms. The van der Waals surface area contributed by atoms with Gasteiger partial charge in [-0.05, 0) is 62.2 Å². The first-order valence-electron chi connectivity index (χ1n) is 10.6. The van der Waals surface area contributed by atoms with Gasteiger partial charge < -0.3 is 4.90 Å². The van der Waals surface area contributed by atoms with Crippen LogP contribution in [0.5, 0.6) is 0 Å². The van der Waals surface area contributed by atoms with Gasteiger partial charge >= 0.3 is 0 Å². The number of amides is 1. The maximum Gasteiger partial charge on any atom is 0.274 e. The van der Waals surface area contributed by atoms with Crippen LogP contribution < -0.4 is 0 Å². The van der Waals surface area contributed by atoms with Gasteiger partial charge in [0.15, 0.2) is 0 Å².